The van der Waals surface area contributed by atoms with Crippen molar-refractivity contribution in [2.24, 2.45) is 5.90 Å². The van der Waals surface area contributed by atoms with Crippen LogP contribution in [-0.2, 0) is 11.4 Å². The summed E-state index contributed by atoms with van der Waals surface area (Å²) in [7, 11) is 0. The third-order valence-electron chi connectivity index (χ3n) is 1.16. The number of halogens is 2. The van der Waals surface area contributed by atoms with Gasteiger partial charge >= 0.3 is 0 Å². The van der Waals surface area contributed by atoms with E-state index in [1.54, 1.807) is 12.1 Å². The Hall–Kier alpha value is -0.640. The highest BCUT2D eigenvalue weighted by molar-refractivity contribution is 5.85. The van der Waals surface area contributed by atoms with Crippen molar-refractivity contribution in [1.82, 2.24) is 0 Å². The Labute approximate surface area is 70.5 Å². The highest BCUT2D eigenvalue weighted by Gasteiger charge is 1.90. The lowest BCUT2D eigenvalue weighted by Gasteiger charge is -1.96. The van der Waals surface area contributed by atoms with Gasteiger partial charge in [0.2, 0.25) is 0 Å². The maximum atomic E-state index is 12.3. The summed E-state index contributed by atoms with van der Waals surface area (Å²) in [5.74, 6) is 4.56. The van der Waals surface area contributed by atoms with E-state index in [2.05, 4.69) is 4.84 Å². The lowest BCUT2D eigenvalue weighted by molar-refractivity contribution is 0.124. The van der Waals surface area contributed by atoms with Gasteiger partial charge in [0.1, 0.15) is 5.82 Å². The summed E-state index contributed by atoms with van der Waals surface area (Å²) >= 11 is 0. The molecule has 11 heavy (non-hydrogen) atoms. The Morgan fingerprint density at radius 2 is 1.82 bits per heavy atom. The van der Waals surface area contributed by atoms with Crippen molar-refractivity contribution in [2.45, 2.75) is 6.61 Å². The first-order valence-electron chi connectivity index (χ1n) is 2.89. The molecule has 0 amide bonds. The first kappa shape index (κ1) is 10.4. The summed E-state index contributed by atoms with van der Waals surface area (Å²) in [5, 5.41) is 0. The van der Waals surface area contributed by atoms with E-state index in [1.807, 2.05) is 0 Å². The molecule has 0 aliphatic rings. The van der Waals surface area contributed by atoms with Gasteiger partial charge in [-0.05, 0) is 17.7 Å². The van der Waals surface area contributed by atoms with E-state index < -0.39 is 0 Å². The number of rotatable bonds is 2. The van der Waals surface area contributed by atoms with Crippen molar-refractivity contribution < 1.29 is 9.23 Å². The molecule has 1 aromatic rings. The molecule has 2 nitrogen and oxygen atoms in total. The molecule has 62 valence electrons. The highest BCUT2D eigenvalue weighted by Crippen LogP contribution is 2.02. The van der Waals surface area contributed by atoms with Gasteiger partial charge in [-0.25, -0.2) is 10.3 Å². The summed E-state index contributed by atoms with van der Waals surface area (Å²) in [6.07, 6.45) is 0. The third kappa shape index (κ3) is 3.32. The highest BCUT2D eigenvalue weighted by atomic mass is 35.5. The Morgan fingerprint density at radius 3 is 2.27 bits per heavy atom. The topological polar surface area (TPSA) is 35.2 Å². The summed E-state index contributed by atoms with van der Waals surface area (Å²) in [6, 6.07) is 5.99. The van der Waals surface area contributed by atoms with Gasteiger partial charge in [0, 0.05) is 0 Å². The average Bonchev–Trinajstić information content (AvgIpc) is 1.95. The molecule has 0 aliphatic carbocycles. The molecule has 0 aromatic heterocycles. The second-order valence-electron chi connectivity index (χ2n) is 1.94. The molecular weight excluding hydrogens is 169 g/mol. The van der Waals surface area contributed by atoms with E-state index >= 15 is 0 Å². The number of hydrogen-bond acceptors (Lipinski definition) is 2. The fraction of sp³-hybridized carbons (Fsp3) is 0.143. The molecule has 0 saturated heterocycles. The van der Waals surface area contributed by atoms with Gasteiger partial charge in [0.05, 0.1) is 6.61 Å². The van der Waals surface area contributed by atoms with Crippen LogP contribution >= 0.6 is 12.4 Å². The van der Waals surface area contributed by atoms with Gasteiger partial charge in [-0.15, -0.1) is 12.4 Å². The normalized spacial score (nSPS) is 8.91. The molecule has 0 saturated carbocycles. The van der Waals surface area contributed by atoms with Crippen LogP contribution in [0.3, 0.4) is 0 Å². The zero-order valence-electron chi connectivity index (χ0n) is 5.79. The summed E-state index contributed by atoms with van der Waals surface area (Å²) in [6.45, 7) is 0.320. The lowest BCUT2D eigenvalue weighted by atomic mass is 10.2. The number of nitrogens with two attached hydrogens (primary N) is 1. The van der Waals surface area contributed by atoms with Crippen LogP contribution in [0.5, 0.6) is 0 Å². The predicted octanol–water partition coefficient (Wildman–Crippen LogP) is 1.64. The second-order valence-corrected chi connectivity index (χ2v) is 1.94. The van der Waals surface area contributed by atoms with Gasteiger partial charge in [0.15, 0.2) is 0 Å². The van der Waals surface area contributed by atoms with E-state index in [9.17, 15) is 4.39 Å². The molecule has 1 aromatic carbocycles. The molecule has 4 heteroatoms. The first-order valence-corrected chi connectivity index (χ1v) is 2.89. The molecule has 1 rings (SSSR count). The molecular formula is C7H9ClFNO. The summed E-state index contributed by atoms with van der Waals surface area (Å²) in [5.41, 5.74) is 0.865. The fourth-order valence-electron chi connectivity index (χ4n) is 0.677. The second kappa shape index (κ2) is 5.07. The predicted molar refractivity (Wildman–Crippen MR) is 42.6 cm³/mol. The van der Waals surface area contributed by atoms with Crippen molar-refractivity contribution >= 4 is 12.4 Å². The minimum atomic E-state index is -0.249. The van der Waals surface area contributed by atoms with Crippen LogP contribution in [0.25, 0.3) is 0 Å². The Balaban J connectivity index is 0.000001000. The van der Waals surface area contributed by atoms with Crippen LogP contribution in [0.2, 0.25) is 0 Å². The third-order valence-corrected chi connectivity index (χ3v) is 1.16. The van der Waals surface area contributed by atoms with Crippen LogP contribution in [0.15, 0.2) is 24.3 Å². The van der Waals surface area contributed by atoms with Crippen molar-refractivity contribution in [1.29, 1.82) is 0 Å². The first-order chi connectivity index (χ1) is 4.83. The zero-order chi connectivity index (χ0) is 7.40. The Kier molecular flexibility index (Phi) is 4.77. The van der Waals surface area contributed by atoms with Gasteiger partial charge in [-0.1, -0.05) is 12.1 Å². The molecule has 0 unspecified atom stereocenters. The SMILES string of the molecule is Cl.NOCc1ccc(F)cc1. The Bertz CT molecular complexity index is 202. The zero-order valence-corrected chi connectivity index (χ0v) is 6.60. The molecule has 0 atom stereocenters. The largest absolute Gasteiger partial charge is 0.300 e. The van der Waals surface area contributed by atoms with Crippen LogP contribution in [-0.4, -0.2) is 0 Å². The number of benzene rings is 1. The summed E-state index contributed by atoms with van der Waals surface area (Å²) in [4.78, 5) is 4.35. The minimum absolute atomic E-state index is 0. The summed E-state index contributed by atoms with van der Waals surface area (Å²) < 4.78 is 12.3. The van der Waals surface area contributed by atoms with E-state index in [0.717, 1.165) is 5.56 Å². The molecule has 0 fully saturated rings. The lowest BCUT2D eigenvalue weighted by Crippen LogP contribution is -1.98. The van der Waals surface area contributed by atoms with Crippen LogP contribution < -0.4 is 5.90 Å². The van der Waals surface area contributed by atoms with Crippen molar-refractivity contribution in [3.8, 4) is 0 Å². The molecule has 2 N–H and O–H groups in total. The molecule has 0 bridgehead atoms. The Morgan fingerprint density at radius 1 is 1.27 bits per heavy atom. The molecule has 0 heterocycles. The smallest absolute Gasteiger partial charge is 0.123 e. The van der Waals surface area contributed by atoms with E-state index in [0.29, 0.717) is 6.61 Å². The molecule has 0 spiro atoms. The van der Waals surface area contributed by atoms with Crippen molar-refractivity contribution in [3.05, 3.63) is 35.6 Å². The van der Waals surface area contributed by atoms with Gasteiger partial charge in [-0.2, -0.15) is 0 Å². The standard InChI is InChI=1S/C7H8FNO.ClH/c8-7-3-1-6(2-4-7)5-10-9;/h1-4H,5,9H2;1H. The van der Waals surface area contributed by atoms with Crippen molar-refractivity contribution in [2.75, 3.05) is 0 Å². The monoisotopic (exact) mass is 177 g/mol. The van der Waals surface area contributed by atoms with Crippen LogP contribution in [0, 0.1) is 5.82 Å². The van der Waals surface area contributed by atoms with Crippen LogP contribution in [0.1, 0.15) is 5.56 Å². The van der Waals surface area contributed by atoms with E-state index in [-0.39, 0.29) is 18.2 Å². The molecule has 0 radical (unpaired) electrons. The maximum Gasteiger partial charge on any atom is 0.123 e. The van der Waals surface area contributed by atoms with Gasteiger partial charge in [-0.3, -0.25) is 4.84 Å². The van der Waals surface area contributed by atoms with Crippen molar-refractivity contribution in [3.63, 3.8) is 0 Å². The van der Waals surface area contributed by atoms with Gasteiger partial charge in [0.25, 0.3) is 0 Å². The maximum absolute atomic E-state index is 12.3. The quantitative estimate of drug-likeness (QED) is 0.697. The number of hydrogen-bond donors (Lipinski definition) is 1. The van der Waals surface area contributed by atoms with Gasteiger partial charge < -0.3 is 0 Å². The average molecular weight is 178 g/mol. The molecule has 0 aliphatic heterocycles. The van der Waals surface area contributed by atoms with E-state index in [1.165, 1.54) is 12.1 Å². The van der Waals surface area contributed by atoms with E-state index in [4.69, 9.17) is 5.90 Å². The van der Waals surface area contributed by atoms with Crippen LogP contribution in [0.4, 0.5) is 4.39 Å². The fourth-order valence-corrected chi connectivity index (χ4v) is 0.677. The minimum Gasteiger partial charge on any atom is -0.300 e.